The lowest BCUT2D eigenvalue weighted by Gasteiger charge is -2.41. The summed E-state index contributed by atoms with van der Waals surface area (Å²) in [5, 5.41) is 0. The summed E-state index contributed by atoms with van der Waals surface area (Å²) < 4.78 is 19.3. The van der Waals surface area contributed by atoms with Gasteiger partial charge in [0.2, 0.25) is 0 Å². The van der Waals surface area contributed by atoms with Crippen LogP contribution in [0.3, 0.4) is 0 Å². The van der Waals surface area contributed by atoms with Crippen LogP contribution in [0.4, 0.5) is 4.39 Å². The molecule has 0 bridgehead atoms. The largest absolute Gasteiger partial charge is 0.494 e. The molecule has 1 aliphatic rings. The zero-order chi connectivity index (χ0) is 14.8. The van der Waals surface area contributed by atoms with Crippen molar-refractivity contribution >= 4 is 0 Å². The van der Waals surface area contributed by atoms with E-state index in [4.69, 9.17) is 10.5 Å². The van der Waals surface area contributed by atoms with Crippen LogP contribution in [0, 0.1) is 5.82 Å². The van der Waals surface area contributed by atoms with E-state index in [2.05, 4.69) is 19.0 Å². The first-order valence-corrected chi connectivity index (χ1v) is 7.25. The van der Waals surface area contributed by atoms with Gasteiger partial charge >= 0.3 is 0 Å². The fourth-order valence-electron chi connectivity index (χ4n) is 3.44. The second kappa shape index (κ2) is 6.10. The van der Waals surface area contributed by atoms with E-state index in [0.717, 1.165) is 12.8 Å². The van der Waals surface area contributed by atoms with E-state index in [1.54, 1.807) is 12.1 Å². The van der Waals surface area contributed by atoms with Gasteiger partial charge in [0.25, 0.3) is 0 Å². The second-order valence-corrected chi connectivity index (χ2v) is 5.95. The highest BCUT2D eigenvalue weighted by Gasteiger charge is 2.41. The number of rotatable bonds is 5. The molecule has 1 aromatic rings. The Kier molecular flexibility index (Phi) is 4.66. The van der Waals surface area contributed by atoms with Crippen molar-refractivity contribution in [3.8, 4) is 5.75 Å². The summed E-state index contributed by atoms with van der Waals surface area (Å²) in [6, 6.07) is 5.19. The highest BCUT2D eigenvalue weighted by Crippen LogP contribution is 2.37. The van der Waals surface area contributed by atoms with Crippen molar-refractivity contribution in [2.75, 3.05) is 21.2 Å². The quantitative estimate of drug-likeness (QED) is 0.901. The molecule has 1 unspecified atom stereocenters. The Balaban J connectivity index is 2.21. The summed E-state index contributed by atoms with van der Waals surface area (Å²) in [6.07, 6.45) is 5.12. The van der Waals surface area contributed by atoms with Crippen molar-refractivity contribution in [3.05, 3.63) is 29.6 Å². The number of hydrogen-bond donors (Lipinski definition) is 1. The van der Waals surface area contributed by atoms with Crippen molar-refractivity contribution in [2.24, 2.45) is 5.73 Å². The lowest BCUT2D eigenvalue weighted by atomic mass is 9.83. The van der Waals surface area contributed by atoms with Crippen LogP contribution in [0.5, 0.6) is 5.75 Å². The van der Waals surface area contributed by atoms with Gasteiger partial charge in [-0.3, -0.25) is 0 Å². The first-order valence-electron chi connectivity index (χ1n) is 7.25. The van der Waals surface area contributed by atoms with E-state index in [1.807, 2.05) is 6.07 Å². The molecule has 112 valence electrons. The molecule has 0 saturated heterocycles. The summed E-state index contributed by atoms with van der Waals surface area (Å²) >= 11 is 0. The van der Waals surface area contributed by atoms with E-state index in [0.29, 0.717) is 17.7 Å². The number of methoxy groups -OCH3 is 1. The third-order valence-electron chi connectivity index (χ3n) is 4.75. The molecule has 1 fully saturated rings. The maximum atomic E-state index is 14.3. The molecule has 3 nitrogen and oxygen atoms in total. The molecular weight excluding hydrogens is 255 g/mol. The molecule has 0 aromatic heterocycles. The SMILES string of the molecule is COc1cccc(CC(N)C2(N(C)C)CCCC2)c1F. The number of nitrogens with zero attached hydrogens (tertiary/aromatic N) is 1. The molecule has 1 atom stereocenters. The molecule has 0 aliphatic heterocycles. The van der Waals surface area contributed by atoms with Crippen molar-refractivity contribution < 1.29 is 9.13 Å². The molecule has 1 aliphatic carbocycles. The van der Waals surface area contributed by atoms with Crippen molar-refractivity contribution in [1.82, 2.24) is 4.90 Å². The van der Waals surface area contributed by atoms with Crippen molar-refractivity contribution in [2.45, 2.75) is 43.7 Å². The number of likely N-dealkylation sites (N-methyl/N-ethyl adjacent to an activating group) is 1. The predicted molar refractivity (Wildman–Crippen MR) is 79.5 cm³/mol. The van der Waals surface area contributed by atoms with Crippen molar-refractivity contribution in [3.63, 3.8) is 0 Å². The Hall–Kier alpha value is -1.13. The molecule has 0 spiro atoms. The van der Waals surface area contributed by atoms with Crippen LogP contribution in [0.1, 0.15) is 31.2 Å². The van der Waals surface area contributed by atoms with Crippen LogP contribution in [0.2, 0.25) is 0 Å². The number of ether oxygens (including phenoxy) is 1. The Labute approximate surface area is 120 Å². The lowest BCUT2D eigenvalue weighted by molar-refractivity contribution is 0.122. The molecule has 0 radical (unpaired) electrons. The first kappa shape index (κ1) is 15.3. The van der Waals surface area contributed by atoms with Crippen molar-refractivity contribution in [1.29, 1.82) is 0 Å². The van der Waals surface area contributed by atoms with Gasteiger partial charge in [-0.2, -0.15) is 0 Å². The fraction of sp³-hybridized carbons (Fsp3) is 0.625. The van der Waals surface area contributed by atoms with E-state index in [-0.39, 0.29) is 17.4 Å². The van der Waals surface area contributed by atoms with Gasteiger partial charge in [-0.15, -0.1) is 0 Å². The summed E-state index contributed by atoms with van der Waals surface area (Å²) in [6.45, 7) is 0. The molecule has 0 amide bonds. The van der Waals surface area contributed by atoms with Gasteiger partial charge in [-0.25, -0.2) is 4.39 Å². The zero-order valence-electron chi connectivity index (χ0n) is 12.7. The molecule has 2 N–H and O–H groups in total. The summed E-state index contributed by atoms with van der Waals surface area (Å²) in [5.41, 5.74) is 7.10. The van der Waals surface area contributed by atoms with Gasteiger partial charge in [-0.1, -0.05) is 25.0 Å². The fourth-order valence-corrected chi connectivity index (χ4v) is 3.44. The maximum absolute atomic E-state index is 14.3. The van der Waals surface area contributed by atoms with E-state index < -0.39 is 0 Å². The molecule has 2 rings (SSSR count). The Bertz CT molecular complexity index is 456. The molecule has 1 saturated carbocycles. The van der Waals surface area contributed by atoms with Gasteiger partial charge in [0, 0.05) is 11.6 Å². The normalized spacial score (nSPS) is 19.3. The van der Waals surface area contributed by atoms with Gasteiger partial charge < -0.3 is 15.4 Å². The van der Waals surface area contributed by atoms with Crippen LogP contribution >= 0.6 is 0 Å². The van der Waals surface area contributed by atoms with Gasteiger partial charge in [0.1, 0.15) is 0 Å². The van der Waals surface area contributed by atoms with Gasteiger partial charge in [0.15, 0.2) is 11.6 Å². The predicted octanol–water partition coefficient (Wildman–Crippen LogP) is 2.58. The summed E-state index contributed by atoms with van der Waals surface area (Å²) in [7, 11) is 5.64. The minimum atomic E-state index is -0.280. The highest BCUT2D eigenvalue weighted by atomic mass is 19.1. The average Bonchev–Trinajstić information content (AvgIpc) is 2.92. The second-order valence-electron chi connectivity index (χ2n) is 5.95. The summed E-state index contributed by atoms with van der Waals surface area (Å²) in [5.74, 6) is 0.0115. The number of halogens is 1. The van der Waals surface area contributed by atoms with Gasteiger partial charge in [-0.05, 0) is 45.0 Å². The molecule has 0 heterocycles. The van der Waals surface area contributed by atoms with E-state index >= 15 is 0 Å². The Morgan fingerprint density at radius 2 is 2.00 bits per heavy atom. The topological polar surface area (TPSA) is 38.5 Å². The number of benzene rings is 1. The highest BCUT2D eigenvalue weighted by molar-refractivity contribution is 5.32. The standard InChI is InChI=1S/C16H25FN2O/c1-19(2)16(9-4-5-10-16)14(18)11-12-7-6-8-13(20-3)15(12)17/h6-8,14H,4-5,9-11,18H2,1-3H3. The zero-order valence-corrected chi connectivity index (χ0v) is 12.7. The molecule has 20 heavy (non-hydrogen) atoms. The Morgan fingerprint density at radius 1 is 1.35 bits per heavy atom. The van der Waals surface area contributed by atoms with Gasteiger partial charge in [0.05, 0.1) is 7.11 Å². The number of nitrogens with two attached hydrogens (primary N) is 1. The monoisotopic (exact) mass is 280 g/mol. The maximum Gasteiger partial charge on any atom is 0.168 e. The third kappa shape index (κ3) is 2.67. The smallest absolute Gasteiger partial charge is 0.168 e. The van der Waals surface area contributed by atoms with Crippen LogP contribution in [-0.2, 0) is 6.42 Å². The Morgan fingerprint density at radius 3 is 2.55 bits per heavy atom. The van der Waals surface area contributed by atoms with Crippen LogP contribution < -0.4 is 10.5 Å². The van der Waals surface area contributed by atoms with E-state index in [1.165, 1.54) is 20.0 Å². The minimum absolute atomic E-state index is 0.00445. The minimum Gasteiger partial charge on any atom is -0.494 e. The van der Waals surface area contributed by atoms with Crippen LogP contribution in [0.15, 0.2) is 18.2 Å². The van der Waals surface area contributed by atoms with Crippen LogP contribution in [0.25, 0.3) is 0 Å². The number of hydrogen-bond acceptors (Lipinski definition) is 3. The molecule has 1 aromatic carbocycles. The molecule has 4 heteroatoms. The van der Waals surface area contributed by atoms with Crippen LogP contribution in [-0.4, -0.2) is 37.7 Å². The molecular formula is C16H25FN2O. The summed E-state index contributed by atoms with van der Waals surface area (Å²) in [4.78, 5) is 2.22. The van der Waals surface area contributed by atoms with E-state index in [9.17, 15) is 4.39 Å². The average molecular weight is 280 g/mol. The first-order chi connectivity index (χ1) is 9.51. The third-order valence-corrected chi connectivity index (χ3v) is 4.75. The lowest BCUT2D eigenvalue weighted by Crippen LogP contribution is -2.56.